The zero-order valence-electron chi connectivity index (χ0n) is 14.2. The molecule has 0 saturated heterocycles. The lowest BCUT2D eigenvalue weighted by molar-refractivity contribution is -0.154. The Kier molecular flexibility index (Phi) is 4.98. The third kappa shape index (κ3) is 4.04. The number of nitriles is 1. The van der Waals surface area contributed by atoms with E-state index in [4.69, 9.17) is 4.74 Å². The summed E-state index contributed by atoms with van der Waals surface area (Å²) in [6.07, 6.45) is -2.97. The Morgan fingerprint density at radius 3 is 2.31 bits per heavy atom. The quantitative estimate of drug-likeness (QED) is 0.839. The van der Waals surface area contributed by atoms with Crippen LogP contribution in [0, 0.1) is 18.3 Å². The number of nitrogens with zero attached hydrogens (tertiary/aromatic N) is 4. The van der Waals surface area contributed by atoms with Crippen molar-refractivity contribution in [3.05, 3.63) is 46.8 Å². The summed E-state index contributed by atoms with van der Waals surface area (Å²) in [7, 11) is 0. The van der Waals surface area contributed by atoms with Crippen LogP contribution < -0.4 is 9.64 Å². The summed E-state index contributed by atoms with van der Waals surface area (Å²) in [5.74, 6) is 0.261. The fraction of sp³-hybridized carbons (Fsp3) is 0.389. The van der Waals surface area contributed by atoms with Gasteiger partial charge in [0.1, 0.15) is 11.9 Å². The van der Waals surface area contributed by atoms with E-state index in [1.807, 2.05) is 23.1 Å². The largest absolute Gasteiger partial charge is 0.467 e. The number of benzene rings is 1. The Labute approximate surface area is 149 Å². The molecule has 0 aliphatic carbocycles. The van der Waals surface area contributed by atoms with Crippen molar-refractivity contribution in [2.45, 2.75) is 25.9 Å². The molecule has 0 N–H and O–H groups in total. The molecule has 8 heteroatoms. The van der Waals surface area contributed by atoms with Gasteiger partial charge in [-0.3, -0.25) is 0 Å². The number of anilines is 1. The summed E-state index contributed by atoms with van der Waals surface area (Å²) in [6.45, 7) is 1.29. The Bertz CT molecular complexity index is 818. The fourth-order valence-electron chi connectivity index (χ4n) is 2.99. The van der Waals surface area contributed by atoms with Gasteiger partial charge < -0.3 is 9.64 Å². The normalized spacial score (nSPS) is 14.3. The SMILES string of the molecule is Cc1nc(OCC(F)(F)F)c(C#N)c(N2CCc3ccccc3CC2)n1. The third-order valence-corrected chi connectivity index (χ3v) is 4.17. The molecule has 0 spiro atoms. The molecule has 3 rings (SSSR count). The number of halogens is 3. The summed E-state index contributed by atoms with van der Waals surface area (Å²) >= 11 is 0. The number of alkyl halides is 3. The molecule has 0 saturated carbocycles. The Morgan fingerprint density at radius 2 is 1.77 bits per heavy atom. The summed E-state index contributed by atoms with van der Waals surface area (Å²) < 4.78 is 42.2. The highest BCUT2D eigenvalue weighted by Gasteiger charge is 2.30. The molecule has 0 atom stereocenters. The average molecular weight is 362 g/mol. The lowest BCUT2D eigenvalue weighted by atomic mass is 10.0. The van der Waals surface area contributed by atoms with Crippen molar-refractivity contribution in [2.75, 3.05) is 24.6 Å². The molecule has 1 aliphatic heterocycles. The highest BCUT2D eigenvalue weighted by atomic mass is 19.4. The minimum Gasteiger partial charge on any atom is -0.467 e. The van der Waals surface area contributed by atoms with E-state index in [0.717, 1.165) is 12.8 Å². The number of fused-ring (bicyclic) bond motifs is 1. The van der Waals surface area contributed by atoms with E-state index in [-0.39, 0.29) is 17.3 Å². The number of hydrogen-bond acceptors (Lipinski definition) is 5. The van der Waals surface area contributed by atoms with Crippen LogP contribution in [-0.4, -0.2) is 35.8 Å². The molecule has 136 valence electrons. The lowest BCUT2D eigenvalue weighted by Gasteiger charge is -2.23. The number of aryl methyl sites for hydroxylation is 1. The smallest absolute Gasteiger partial charge is 0.422 e. The Morgan fingerprint density at radius 1 is 1.15 bits per heavy atom. The maximum absolute atomic E-state index is 12.5. The van der Waals surface area contributed by atoms with Gasteiger partial charge in [-0.1, -0.05) is 24.3 Å². The second-order valence-electron chi connectivity index (χ2n) is 6.05. The first kappa shape index (κ1) is 18.0. The third-order valence-electron chi connectivity index (χ3n) is 4.17. The van der Waals surface area contributed by atoms with Crippen molar-refractivity contribution in [2.24, 2.45) is 0 Å². The van der Waals surface area contributed by atoms with Gasteiger partial charge in [0.2, 0.25) is 5.88 Å². The standard InChI is InChI=1S/C18H17F3N4O/c1-12-23-16(15(10-22)17(24-12)26-11-18(19,20)21)25-8-6-13-4-2-3-5-14(13)7-9-25/h2-5H,6-9,11H2,1H3. The number of ether oxygens (including phenoxy) is 1. The molecule has 0 unspecified atom stereocenters. The molecule has 26 heavy (non-hydrogen) atoms. The maximum atomic E-state index is 12.5. The van der Waals surface area contributed by atoms with E-state index in [9.17, 15) is 18.4 Å². The van der Waals surface area contributed by atoms with Crippen molar-refractivity contribution < 1.29 is 17.9 Å². The molecular weight excluding hydrogens is 345 g/mol. The van der Waals surface area contributed by atoms with E-state index in [1.54, 1.807) is 6.92 Å². The van der Waals surface area contributed by atoms with Crippen LogP contribution in [0.4, 0.5) is 19.0 Å². The average Bonchev–Trinajstić information content (AvgIpc) is 2.81. The van der Waals surface area contributed by atoms with Gasteiger partial charge in [0.25, 0.3) is 0 Å². The first-order valence-electron chi connectivity index (χ1n) is 8.17. The summed E-state index contributed by atoms with van der Waals surface area (Å²) in [5, 5.41) is 9.48. The number of rotatable bonds is 3. The van der Waals surface area contributed by atoms with Crippen LogP contribution in [0.25, 0.3) is 0 Å². The zero-order valence-corrected chi connectivity index (χ0v) is 14.2. The van der Waals surface area contributed by atoms with E-state index < -0.39 is 12.8 Å². The van der Waals surface area contributed by atoms with Crippen LogP contribution >= 0.6 is 0 Å². The van der Waals surface area contributed by atoms with Crippen molar-refractivity contribution in [3.8, 4) is 11.9 Å². The predicted molar refractivity (Wildman–Crippen MR) is 89.1 cm³/mol. The van der Waals surface area contributed by atoms with E-state index in [2.05, 4.69) is 22.1 Å². The van der Waals surface area contributed by atoms with Gasteiger partial charge in [0, 0.05) is 13.1 Å². The number of hydrogen-bond donors (Lipinski definition) is 0. The van der Waals surface area contributed by atoms with E-state index >= 15 is 0 Å². The Hall–Kier alpha value is -2.82. The molecule has 2 heterocycles. The van der Waals surface area contributed by atoms with Gasteiger partial charge in [-0.15, -0.1) is 0 Å². The Balaban J connectivity index is 1.90. The second-order valence-corrected chi connectivity index (χ2v) is 6.05. The molecular formula is C18H17F3N4O. The lowest BCUT2D eigenvalue weighted by Crippen LogP contribution is -2.29. The second kappa shape index (κ2) is 7.20. The minimum absolute atomic E-state index is 0.0641. The first-order valence-corrected chi connectivity index (χ1v) is 8.17. The molecule has 1 aromatic heterocycles. The van der Waals surface area contributed by atoms with E-state index in [0.29, 0.717) is 18.9 Å². The molecule has 2 aromatic rings. The maximum Gasteiger partial charge on any atom is 0.422 e. The fourth-order valence-corrected chi connectivity index (χ4v) is 2.99. The molecule has 0 radical (unpaired) electrons. The molecule has 0 amide bonds. The molecule has 1 aromatic carbocycles. The molecule has 5 nitrogen and oxygen atoms in total. The van der Waals surface area contributed by atoms with Crippen LogP contribution in [0.1, 0.15) is 22.5 Å². The van der Waals surface area contributed by atoms with Gasteiger partial charge in [0.05, 0.1) is 0 Å². The molecule has 0 fully saturated rings. The van der Waals surface area contributed by atoms with E-state index in [1.165, 1.54) is 11.1 Å². The topological polar surface area (TPSA) is 62.0 Å². The number of aromatic nitrogens is 2. The van der Waals surface area contributed by atoms with Crippen molar-refractivity contribution >= 4 is 5.82 Å². The van der Waals surface area contributed by atoms with Gasteiger partial charge >= 0.3 is 6.18 Å². The van der Waals surface area contributed by atoms with Crippen molar-refractivity contribution in [3.63, 3.8) is 0 Å². The van der Waals surface area contributed by atoms with Crippen LogP contribution in [-0.2, 0) is 12.8 Å². The molecule has 1 aliphatic rings. The van der Waals surface area contributed by atoms with Crippen LogP contribution in [0.5, 0.6) is 5.88 Å². The monoisotopic (exact) mass is 362 g/mol. The van der Waals surface area contributed by atoms with Gasteiger partial charge in [-0.05, 0) is 30.9 Å². The zero-order chi connectivity index (χ0) is 18.7. The van der Waals surface area contributed by atoms with Crippen LogP contribution in [0.2, 0.25) is 0 Å². The minimum atomic E-state index is -4.50. The summed E-state index contributed by atoms with van der Waals surface area (Å²) in [5.41, 5.74) is 2.39. The van der Waals surface area contributed by atoms with Gasteiger partial charge in [-0.2, -0.15) is 23.4 Å². The van der Waals surface area contributed by atoms with Crippen molar-refractivity contribution in [1.82, 2.24) is 9.97 Å². The predicted octanol–water partition coefficient (Wildman–Crippen LogP) is 3.20. The van der Waals surface area contributed by atoms with Gasteiger partial charge in [-0.25, -0.2) is 4.98 Å². The van der Waals surface area contributed by atoms with Crippen LogP contribution in [0.15, 0.2) is 24.3 Å². The highest BCUT2D eigenvalue weighted by molar-refractivity contribution is 5.59. The summed E-state index contributed by atoms with van der Waals surface area (Å²) in [4.78, 5) is 10.1. The first-order chi connectivity index (χ1) is 12.4. The van der Waals surface area contributed by atoms with Crippen molar-refractivity contribution in [1.29, 1.82) is 5.26 Å². The molecule has 0 bridgehead atoms. The summed E-state index contributed by atoms with van der Waals surface area (Å²) in [6, 6.07) is 9.99. The highest BCUT2D eigenvalue weighted by Crippen LogP contribution is 2.29. The van der Waals surface area contributed by atoms with Crippen LogP contribution in [0.3, 0.4) is 0 Å². The van der Waals surface area contributed by atoms with Gasteiger partial charge in [0.15, 0.2) is 18.0 Å².